The van der Waals surface area contributed by atoms with Crippen LogP contribution in [-0.4, -0.2) is 20.7 Å². The van der Waals surface area contributed by atoms with Crippen molar-refractivity contribution in [1.29, 1.82) is 0 Å². The van der Waals surface area contributed by atoms with E-state index in [0.29, 0.717) is 18.0 Å². The average Bonchev–Trinajstić information content (AvgIpc) is 3.40. The summed E-state index contributed by atoms with van der Waals surface area (Å²) in [4.78, 5) is 17.4. The molecular formula is C29H34ClN5O2. The van der Waals surface area contributed by atoms with Crippen LogP contribution >= 0.6 is 11.6 Å². The summed E-state index contributed by atoms with van der Waals surface area (Å²) in [5.74, 6) is 1.04. The van der Waals surface area contributed by atoms with Gasteiger partial charge in [0.25, 0.3) is 0 Å². The molecule has 3 aromatic heterocycles. The van der Waals surface area contributed by atoms with Crippen molar-refractivity contribution in [2.45, 2.75) is 71.6 Å². The smallest absolute Gasteiger partial charge is 0.305 e. The van der Waals surface area contributed by atoms with Crippen LogP contribution < -0.4 is 10.9 Å². The van der Waals surface area contributed by atoms with Crippen LogP contribution in [0.3, 0.4) is 0 Å². The summed E-state index contributed by atoms with van der Waals surface area (Å²) in [6.45, 7) is 13.1. The summed E-state index contributed by atoms with van der Waals surface area (Å²) < 4.78 is 7.63. The van der Waals surface area contributed by atoms with Crippen molar-refractivity contribution < 1.29 is 9.21 Å². The predicted molar refractivity (Wildman–Crippen MR) is 147 cm³/mol. The maximum absolute atomic E-state index is 12.8. The zero-order valence-corrected chi connectivity index (χ0v) is 23.3. The molecule has 194 valence electrons. The number of rotatable bonds is 5. The fourth-order valence-electron chi connectivity index (χ4n) is 5.46. The number of aromatic nitrogens is 3. The Hall–Kier alpha value is -3.32. The standard InChI is InChI=1S/C29H34ClN5O2/c1-16-12-24(31-26-25(16)17(2)34-35(26)7)32-33-27(36)23-9-8-19(37-23)13-18-14-20-21(15-22(18)30)29(5,6)11-10-28(20,3)4/h8-9,12,14-15H,10-11,13H2,1-7H3,(H,31,32)(H,33,36). The van der Waals surface area contributed by atoms with Gasteiger partial charge in [0, 0.05) is 23.9 Å². The molecule has 1 aromatic carbocycles. The van der Waals surface area contributed by atoms with E-state index in [4.69, 9.17) is 16.0 Å². The van der Waals surface area contributed by atoms with Crippen LogP contribution in [0, 0.1) is 13.8 Å². The number of benzene rings is 1. The van der Waals surface area contributed by atoms with Gasteiger partial charge in [0.1, 0.15) is 11.6 Å². The molecule has 1 aliphatic carbocycles. The third-order valence-corrected chi connectivity index (χ3v) is 8.09. The van der Waals surface area contributed by atoms with Crippen molar-refractivity contribution in [1.82, 2.24) is 20.2 Å². The fraction of sp³-hybridized carbons (Fsp3) is 0.414. The second-order valence-corrected chi connectivity index (χ2v) is 11.9. The molecule has 0 saturated carbocycles. The zero-order chi connectivity index (χ0) is 26.7. The van der Waals surface area contributed by atoms with Crippen LogP contribution in [-0.2, 0) is 24.3 Å². The Kier molecular flexibility index (Phi) is 6.10. The second-order valence-electron chi connectivity index (χ2n) is 11.5. The Morgan fingerprint density at radius 3 is 2.46 bits per heavy atom. The molecule has 4 aromatic rings. The summed E-state index contributed by atoms with van der Waals surface area (Å²) in [7, 11) is 1.85. The van der Waals surface area contributed by atoms with Gasteiger partial charge in [0.05, 0.1) is 5.69 Å². The van der Waals surface area contributed by atoms with Gasteiger partial charge < -0.3 is 4.42 Å². The number of nitrogens with zero attached hydrogens (tertiary/aromatic N) is 3. The Labute approximate surface area is 222 Å². The van der Waals surface area contributed by atoms with E-state index in [1.165, 1.54) is 11.1 Å². The first-order valence-corrected chi connectivity index (χ1v) is 13.0. The minimum Gasteiger partial charge on any atom is -0.456 e. The monoisotopic (exact) mass is 519 g/mol. The highest BCUT2D eigenvalue weighted by atomic mass is 35.5. The van der Waals surface area contributed by atoms with Gasteiger partial charge in [-0.1, -0.05) is 45.4 Å². The van der Waals surface area contributed by atoms with E-state index in [2.05, 4.69) is 60.8 Å². The molecular weight excluding hydrogens is 486 g/mol. The van der Waals surface area contributed by atoms with E-state index in [0.717, 1.165) is 45.7 Å². The van der Waals surface area contributed by atoms with Crippen LogP contribution in [0.15, 0.2) is 34.7 Å². The summed E-state index contributed by atoms with van der Waals surface area (Å²) in [5.41, 5.74) is 12.2. The van der Waals surface area contributed by atoms with Gasteiger partial charge in [0.2, 0.25) is 0 Å². The van der Waals surface area contributed by atoms with E-state index in [1.54, 1.807) is 10.7 Å². The molecule has 1 amide bonds. The molecule has 0 bridgehead atoms. The lowest BCUT2D eigenvalue weighted by molar-refractivity contribution is 0.0933. The van der Waals surface area contributed by atoms with Crippen LogP contribution in [0.5, 0.6) is 0 Å². The molecule has 37 heavy (non-hydrogen) atoms. The lowest BCUT2D eigenvalue weighted by atomic mass is 9.63. The molecule has 0 atom stereocenters. The van der Waals surface area contributed by atoms with Crippen LogP contribution in [0.4, 0.5) is 5.82 Å². The van der Waals surface area contributed by atoms with Gasteiger partial charge >= 0.3 is 5.91 Å². The maximum atomic E-state index is 12.8. The van der Waals surface area contributed by atoms with Crippen molar-refractivity contribution in [2.24, 2.45) is 7.05 Å². The highest BCUT2D eigenvalue weighted by Crippen LogP contribution is 2.47. The number of carbonyl (C=O) groups is 1. The molecule has 2 N–H and O–H groups in total. The number of anilines is 1. The van der Waals surface area contributed by atoms with Crippen LogP contribution in [0.2, 0.25) is 5.02 Å². The number of hydrazine groups is 1. The van der Waals surface area contributed by atoms with Gasteiger partial charge in [-0.25, -0.2) is 4.98 Å². The number of furan rings is 1. The van der Waals surface area contributed by atoms with Crippen molar-refractivity contribution in [2.75, 3.05) is 5.43 Å². The highest BCUT2D eigenvalue weighted by Gasteiger charge is 2.37. The third kappa shape index (κ3) is 4.61. The predicted octanol–water partition coefficient (Wildman–Crippen LogP) is 6.53. The molecule has 0 spiro atoms. The Balaban J connectivity index is 1.31. The minimum atomic E-state index is -0.383. The molecule has 7 nitrogen and oxygen atoms in total. The Bertz CT molecular complexity index is 1530. The van der Waals surface area contributed by atoms with E-state index < -0.39 is 0 Å². The number of nitrogens with one attached hydrogen (secondary N) is 2. The Morgan fingerprint density at radius 1 is 1.08 bits per heavy atom. The first-order chi connectivity index (χ1) is 17.4. The summed E-state index contributed by atoms with van der Waals surface area (Å²) >= 11 is 6.74. The van der Waals surface area contributed by atoms with Crippen molar-refractivity contribution in [3.05, 3.63) is 74.8 Å². The van der Waals surface area contributed by atoms with Crippen LogP contribution in [0.25, 0.3) is 11.0 Å². The number of amides is 1. The zero-order valence-electron chi connectivity index (χ0n) is 22.5. The molecule has 0 fully saturated rings. The quantitative estimate of drug-likeness (QED) is 0.293. The van der Waals surface area contributed by atoms with Gasteiger partial charge in [-0.3, -0.25) is 20.3 Å². The molecule has 8 heteroatoms. The molecule has 0 aliphatic heterocycles. The van der Waals surface area contributed by atoms with Crippen LogP contribution in [0.1, 0.15) is 84.8 Å². The summed E-state index contributed by atoms with van der Waals surface area (Å²) in [5, 5.41) is 6.18. The number of halogens is 1. The molecule has 0 unspecified atom stereocenters. The molecule has 0 saturated heterocycles. The molecule has 3 heterocycles. The van der Waals surface area contributed by atoms with Crippen molar-refractivity contribution in [3.8, 4) is 0 Å². The van der Waals surface area contributed by atoms with E-state index in [1.807, 2.05) is 33.0 Å². The number of carbonyl (C=O) groups excluding carboxylic acids is 1. The SMILES string of the molecule is Cc1cc(NNC(=O)c2ccc(Cc3cc4c(cc3Cl)C(C)(C)CCC4(C)C)o2)nc2c1c(C)nn2C. The number of hydrogen-bond donors (Lipinski definition) is 2. The summed E-state index contributed by atoms with van der Waals surface area (Å²) in [6.07, 6.45) is 2.78. The largest absolute Gasteiger partial charge is 0.456 e. The van der Waals surface area contributed by atoms with Gasteiger partial charge in [-0.2, -0.15) is 5.10 Å². The van der Waals surface area contributed by atoms with E-state index in [9.17, 15) is 4.79 Å². The summed E-state index contributed by atoms with van der Waals surface area (Å²) in [6, 6.07) is 9.74. The Morgan fingerprint density at radius 2 is 1.76 bits per heavy atom. The lowest BCUT2D eigenvalue weighted by Gasteiger charge is -2.42. The van der Waals surface area contributed by atoms with Gasteiger partial charge in [-0.15, -0.1) is 0 Å². The number of aryl methyl sites for hydroxylation is 3. The fourth-order valence-corrected chi connectivity index (χ4v) is 5.69. The number of hydrogen-bond acceptors (Lipinski definition) is 5. The van der Waals surface area contributed by atoms with E-state index >= 15 is 0 Å². The lowest BCUT2D eigenvalue weighted by Crippen LogP contribution is -2.34. The second kappa shape index (κ2) is 8.91. The first-order valence-electron chi connectivity index (χ1n) is 12.6. The van der Waals surface area contributed by atoms with Crippen molar-refractivity contribution in [3.63, 3.8) is 0 Å². The minimum absolute atomic E-state index is 0.0909. The first kappa shape index (κ1) is 25.3. The molecule has 0 radical (unpaired) electrons. The topological polar surface area (TPSA) is 85.0 Å². The normalized spacial score (nSPS) is 16.0. The average molecular weight is 520 g/mol. The number of pyridine rings is 1. The van der Waals surface area contributed by atoms with Gasteiger partial charge in [0.15, 0.2) is 11.4 Å². The highest BCUT2D eigenvalue weighted by molar-refractivity contribution is 6.31. The maximum Gasteiger partial charge on any atom is 0.305 e. The van der Waals surface area contributed by atoms with E-state index in [-0.39, 0.29) is 22.5 Å². The van der Waals surface area contributed by atoms with Gasteiger partial charge in [-0.05, 0) is 84.0 Å². The number of fused-ring (bicyclic) bond motifs is 2. The third-order valence-electron chi connectivity index (χ3n) is 7.74. The van der Waals surface area contributed by atoms with Crippen molar-refractivity contribution >= 4 is 34.4 Å². The molecule has 5 rings (SSSR count). The molecule has 1 aliphatic rings.